The Morgan fingerprint density at radius 3 is 2.93 bits per heavy atom. The van der Waals surface area contributed by atoms with Gasteiger partial charge in [-0.25, -0.2) is 0 Å². The summed E-state index contributed by atoms with van der Waals surface area (Å²) < 4.78 is 0. The normalized spacial score (nSPS) is 10.9. The maximum Gasteiger partial charge on any atom is 0.274 e. The summed E-state index contributed by atoms with van der Waals surface area (Å²) in [5.41, 5.74) is 0.778. The molecule has 0 radical (unpaired) electrons. The van der Waals surface area contributed by atoms with E-state index in [0.29, 0.717) is 5.82 Å². The number of nitrogens with one attached hydrogen (secondary N) is 1. The van der Waals surface area contributed by atoms with Gasteiger partial charge in [-0.3, -0.25) is 15.1 Å². The summed E-state index contributed by atoms with van der Waals surface area (Å²) in [7, 11) is 3.35. The number of nitro groups is 1. The number of pyridine rings is 1. The van der Waals surface area contributed by atoms with Gasteiger partial charge in [0.15, 0.2) is 5.82 Å². The average molecular weight is 208 g/mol. The van der Waals surface area contributed by atoms with Crippen LogP contribution in [-0.4, -0.2) is 24.0 Å². The summed E-state index contributed by atoms with van der Waals surface area (Å²) in [5, 5.41) is 13.1. The van der Waals surface area contributed by atoms with E-state index >= 15 is 0 Å². The highest BCUT2D eigenvalue weighted by Crippen LogP contribution is 2.13. The molecule has 0 aliphatic heterocycles. The monoisotopic (exact) mass is 208 g/mol. The molecule has 0 aliphatic carbocycles. The van der Waals surface area contributed by atoms with E-state index in [0.717, 1.165) is 11.9 Å². The van der Waals surface area contributed by atoms with Crippen molar-refractivity contribution in [2.75, 3.05) is 19.0 Å². The van der Waals surface area contributed by atoms with Gasteiger partial charge in [-0.15, -0.1) is 0 Å². The lowest BCUT2D eigenvalue weighted by Gasteiger charge is -2.19. The van der Waals surface area contributed by atoms with Crippen molar-refractivity contribution in [3.05, 3.63) is 46.7 Å². The van der Waals surface area contributed by atoms with Crippen LogP contribution >= 0.6 is 0 Å². The van der Waals surface area contributed by atoms with Crippen molar-refractivity contribution in [1.82, 2.24) is 10.3 Å². The van der Waals surface area contributed by atoms with Crippen molar-refractivity contribution in [3.8, 4) is 0 Å². The molecule has 0 saturated heterocycles. The molecule has 6 nitrogen and oxygen atoms in total. The predicted octanol–water partition coefficient (Wildman–Crippen LogP) is 0.813. The van der Waals surface area contributed by atoms with Crippen molar-refractivity contribution >= 4 is 5.69 Å². The molecule has 0 spiro atoms. The number of aromatic nitrogens is 1. The molecule has 0 fully saturated rings. The lowest BCUT2D eigenvalue weighted by atomic mass is 10.4. The number of hydrogen-bond donors (Lipinski definition) is 1. The minimum atomic E-state index is -0.501. The minimum Gasteiger partial charge on any atom is -0.369 e. The Kier molecular flexibility index (Phi) is 3.61. The van der Waals surface area contributed by atoms with Gasteiger partial charge < -0.3 is 10.2 Å². The van der Waals surface area contributed by atoms with Gasteiger partial charge >= 0.3 is 0 Å². The van der Waals surface area contributed by atoms with Crippen molar-refractivity contribution in [3.63, 3.8) is 0 Å². The molecule has 0 amide bonds. The molecular weight excluding hydrogens is 196 g/mol. The maximum atomic E-state index is 10.4. The third kappa shape index (κ3) is 2.94. The summed E-state index contributed by atoms with van der Waals surface area (Å²) in [6.45, 7) is 0. The largest absolute Gasteiger partial charge is 0.369 e. The Labute approximate surface area is 87.4 Å². The van der Waals surface area contributed by atoms with Crippen molar-refractivity contribution < 1.29 is 4.92 Å². The standard InChI is InChI=1S/C9H12N4O2/c1-10-9(7-13(14)15)12(2)8-4-3-5-11-6-8/h3-7,10H,1-2H3. The molecule has 15 heavy (non-hydrogen) atoms. The first-order valence-electron chi connectivity index (χ1n) is 4.32. The Bertz CT molecular complexity index is 364. The highest BCUT2D eigenvalue weighted by molar-refractivity contribution is 5.48. The summed E-state index contributed by atoms with van der Waals surface area (Å²) in [4.78, 5) is 15.4. The Balaban J connectivity index is 2.92. The smallest absolute Gasteiger partial charge is 0.274 e. The second kappa shape index (κ2) is 4.94. The van der Waals surface area contributed by atoms with Crippen LogP contribution in [0.3, 0.4) is 0 Å². The van der Waals surface area contributed by atoms with E-state index in [2.05, 4.69) is 10.3 Å². The molecule has 0 saturated carbocycles. The van der Waals surface area contributed by atoms with E-state index in [-0.39, 0.29) is 0 Å². The van der Waals surface area contributed by atoms with Crippen LogP contribution in [0.2, 0.25) is 0 Å². The van der Waals surface area contributed by atoms with E-state index < -0.39 is 4.92 Å². The third-order valence-electron chi connectivity index (χ3n) is 1.88. The molecular formula is C9H12N4O2. The van der Waals surface area contributed by atoms with Gasteiger partial charge in [0.2, 0.25) is 0 Å². The molecule has 1 aromatic heterocycles. The van der Waals surface area contributed by atoms with Gasteiger partial charge in [0.1, 0.15) is 0 Å². The van der Waals surface area contributed by atoms with Crippen LogP contribution in [-0.2, 0) is 0 Å². The Morgan fingerprint density at radius 2 is 2.47 bits per heavy atom. The first-order chi connectivity index (χ1) is 7.15. The molecule has 0 aliphatic rings. The SMILES string of the molecule is CNC(=C[N+](=O)[O-])N(C)c1cccnc1. The molecule has 0 unspecified atom stereocenters. The predicted molar refractivity (Wildman–Crippen MR) is 56.8 cm³/mol. The minimum absolute atomic E-state index is 0.396. The lowest BCUT2D eigenvalue weighted by molar-refractivity contribution is -0.403. The quantitative estimate of drug-likeness (QED) is 0.585. The fourth-order valence-electron chi connectivity index (χ4n) is 1.11. The summed E-state index contributed by atoms with van der Waals surface area (Å²) in [5.74, 6) is 0.396. The molecule has 1 heterocycles. The van der Waals surface area contributed by atoms with Crippen LogP contribution in [0.15, 0.2) is 36.5 Å². The van der Waals surface area contributed by atoms with Crippen molar-refractivity contribution in [2.45, 2.75) is 0 Å². The highest BCUT2D eigenvalue weighted by Gasteiger charge is 2.08. The van der Waals surface area contributed by atoms with Gasteiger partial charge in [0, 0.05) is 20.3 Å². The molecule has 80 valence electrons. The first kappa shape index (κ1) is 11.0. The van der Waals surface area contributed by atoms with Crippen molar-refractivity contribution in [1.29, 1.82) is 0 Å². The van der Waals surface area contributed by atoms with Gasteiger partial charge in [-0.1, -0.05) is 0 Å². The first-order valence-corrected chi connectivity index (χ1v) is 4.32. The fourth-order valence-corrected chi connectivity index (χ4v) is 1.11. The number of nitrogens with zero attached hydrogens (tertiary/aromatic N) is 3. The molecule has 6 heteroatoms. The summed E-state index contributed by atoms with van der Waals surface area (Å²) in [6, 6.07) is 3.59. The van der Waals surface area contributed by atoms with Gasteiger partial charge in [0.25, 0.3) is 6.20 Å². The summed E-state index contributed by atoms with van der Waals surface area (Å²) in [6.07, 6.45) is 4.19. The van der Waals surface area contributed by atoms with E-state index in [9.17, 15) is 10.1 Å². The molecule has 1 aromatic rings. The van der Waals surface area contributed by atoms with Crippen LogP contribution in [0, 0.1) is 10.1 Å². The third-order valence-corrected chi connectivity index (χ3v) is 1.88. The molecule has 1 N–H and O–H groups in total. The maximum absolute atomic E-state index is 10.4. The zero-order valence-corrected chi connectivity index (χ0v) is 8.54. The topological polar surface area (TPSA) is 71.3 Å². The van der Waals surface area contributed by atoms with E-state index in [1.807, 2.05) is 6.07 Å². The van der Waals surface area contributed by atoms with Crippen LogP contribution < -0.4 is 10.2 Å². The van der Waals surface area contributed by atoms with Gasteiger partial charge in [-0.2, -0.15) is 0 Å². The second-order valence-corrected chi connectivity index (χ2v) is 2.82. The van der Waals surface area contributed by atoms with Gasteiger partial charge in [0.05, 0.1) is 16.8 Å². The van der Waals surface area contributed by atoms with Crippen LogP contribution in [0.25, 0.3) is 0 Å². The zero-order valence-electron chi connectivity index (χ0n) is 8.54. The Morgan fingerprint density at radius 1 is 1.73 bits per heavy atom. The van der Waals surface area contributed by atoms with Crippen LogP contribution in [0.5, 0.6) is 0 Å². The molecule has 0 aromatic carbocycles. The lowest BCUT2D eigenvalue weighted by Crippen LogP contribution is -2.26. The van der Waals surface area contributed by atoms with Crippen LogP contribution in [0.4, 0.5) is 5.69 Å². The number of anilines is 1. The number of rotatable bonds is 4. The van der Waals surface area contributed by atoms with E-state index in [4.69, 9.17) is 0 Å². The highest BCUT2D eigenvalue weighted by atomic mass is 16.6. The summed E-state index contributed by atoms with van der Waals surface area (Å²) >= 11 is 0. The fraction of sp³-hybridized carbons (Fsp3) is 0.222. The molecule has 0 atom stereocenters. The molecule has 1 rings (SSSR count). The van der Waals surface area contributed by atoms with E-state index in [1.165, 1.54) is 0 Å². The van der Waals surface area contributed by atoms with Gasteiger partial charge in [-0.05, 0) is 12.1 Å². The van der Waals surface area contributed by atoms with Crippen LogP contribution in [0.1, 0.15) is 0 Å². The van der Waals surface area contributed by atoms with Crippen molar-refractivity contribution in [2.24, 2.45) is 0 Å². The zero-order chi connectivity index (χ0) is 11.3. The average Bonchev–Trinajstić information content (AvgIpc) is 2.26. The Hall–Kier alpha value is -2.11. The number of hydrogen-bond acceptors (Lipinski definition) is 5. The van der Waals surface area contributed by atoms with E-state index in [1.54, 1.807) is 37.5 Å². The second-order valence-electron chi connectivity index (χ2n) is 2.82. The molecule has 0 bridgehead atoms.